The molecule has 1 amide bonds. The number of rotatable bonds is 4. The highest BCUT2D eigenvalue weighted by Gasteiger charge is 2.22. The summed E-state index contributed by atoms with van der Waals surface area (Å²) in [5.41, 5.74) is 1.24. The maximum Gasteiger partial charge on any atom is 0.224 e. The minimum absolute atomic E-state index is 0. The van der Waals surface area contributed by atoms with Crippen LogP contribution in [-0.4, -0.2) is 74.5 Å². The van der Waals surface area contributed by atoms with Gasteiger partial charge in [-0.05, 0) is 30.9 Å². The molecule has 0 saturated carbocycles. The third kappa shape index (κ3) is 6.25. The second kappa shape index (κ2) is 11.5. The van der Waals surface area contributed by atoms with E-state index in [0.29, 0.717) is 13.0 Å². The van der Waals surface area contributed by atoms with Crippen molar-refractivity contribution >= 4 is 41.5 Å². The lowest BCUT2D eigenvalue weighted by Crippen LogP contribution is -2.50. The van der Waals surface area contributed by atoms with Crippen LogP contribution in [0.3, 0.4) is 0 Å². The molecule has 1 aromatic rings. The van der Waals surface area contributed by atoms with E-state index in [1.54, 1.807) is 0 Å². The Hall–Kier alpha value is -1.51. The van der Waals surface area contributed by atoms with E-state index in [0.717, 1.165) is 51.1 Å². The fourth-order valence-electron chi connectivity index (χ4n) is 3.84. The molecule has 0 aromatic heterocycles. The normalized spacial score (nSPS) is 18.6. The fraction of sp³-hybridized carbons (Fsp3) is 0.619. The highest BCUT2D eigenvalue weighted by atomic mass is 127. The molecule has 2 aliphatic heterocycles. The summed E-state index contributed by atoms with van der Waals surface area (Å²) < 4.78 is 0. The van der Waals surface area contributed by atoms with E-state index in [9.17, 15) is 4.79 Å². The topological polar surface area (TPSA) is 51.2 Å². The van der Waals surface area contributed by atoms with Crippen LogP contribution in [0.2, 0.25) is 0 Å². The lowest BCUT2D eigenvalue weighted by molar-refractivity contribution is -0.131. The molecule has 0 radical (unpaired) electrons. The number of piperidine rings is 1. The van der Waals surface area contributed by atoms with Crippen LogP contribution in [0, 0.1) is 5.92 Å². The zero-order chi connectivity index (χ0) is 19.1. The first-order valence-corrected chi connectivity index (χ1v) is 10.2. The van der Waals surface area contributed by atoms with E-state index in [2.05, 4.69) is 51.3 Å². The fourth-order valence-corrected chi connectivity index (χ4v) is 3.84. The van der Waals surface area contributed by atoms with E-state index >= 15 is 0 Å². The van der Waals surface area contributed by atoms with E-state index in [4.69, 9.17) is 0 Å². The maximum atomic E-state index is 12.5. The standard InChI is InChI=1S/C21H33N5O.HI/c1-18-9-12-26(13-10-18)21(22-2)23-11-8-20(27)25-16-14-24(15-17-25)19-6-4-3-5-7-19;/h3-7,18H,8-17H2,1-2H3,(H,22,23);1H. The molecule has 0 unspecified atom stereocenters. The molecule has 2 aliphatic rings. The van der Waals surface area contributed by atoms with Crippen LogP contribution in [0.4, 0.5) is 5.69 Å². The van der Waals surface area contributed by atoms with Gasteiger partial charge in [0.2, 0.25) is 5.91 Å². The zero-order valence-corrected chi connectivity index (χ0v) is 19.5. The highest BCUT2D eigenvalue weighted by molar-refractivity contribution is 14.0. The summed E-state index contributed by atoms with van der Waals surface area (Å²) in [4.78, 5) is 23.6. The van der Waals surface area contributed by atoms with Crippen molar-refractivity contribution in [3.8, 4) is 0 Å². The van der Waals surface area contributed by atoms with Crippen LogP contribution in [-0.2, 0) is 4.79 Å². The van der Waals surface area contributed by atoms with Gasteiger partial charge in [0.25, 0.3) is 0 Å². The number of hydrogen-bond acceptors (Lipinski definition) is 3. The molecule has 6 nitrogen and oxygen atoms in total. The molecule has 2 fully saturated rings. The summed E-state index contributed by atoms with van der Waals surface area (Å²) in [7, 11) is 1.82. The number of piperazine rings is 1. The number of nitrogens with one attached hydrogen (secondary N) is 1. The number of anilines is 1. The first-order valence-electron chi connectivity index (χ1n) is 10.2. The van der Waals surface area contributed by atoms with Gasteiger partial charge in [-0.3, -0.25) is 9.79 Å². The molecule has 0 bridgehead atoms. The van der Waals surface area contributed by atoms with Gasteiger partial charge >= 0.3 is 0 Å². The first-order chi connectivity index (χ1) is 13.2. The van der Waals surface area contributed by atoms with Gasteiger partial charge in [0, 0.05) is 65.0 Å². The predicted octanol–water partition coefficient (Wildman–Crippen LogP) is 2.65. The third-order valence-corrected chi connectivity index (χ3v) is 5.67. The molecule has 3 rings (SSSR count). The van der Waals surface area contributed by atoms with Gasteiger partial charge in [-0.25, -0.2) is 0 Å². The first kappa shape index (κ1) is 22.8. The quantitative estimate of drug-likeness (QED) is 0.393. The van der Waals surface area contributed by atoms with Crippen molar-refractivity contribution in [1.29, 1.82) is 0 Å². The van der Waals surface area contributed by atoms with E-state index < -0.39 is 0 Å². The summed E-state index contributed by atoms with van der Waals surface area (Å²) in [6.45, 7) is 8.46. The van der Waals surface area contributed by atoms with Gasteiger partial charge in [-0.1, -0.05) is 25.1 Å². The van der Waals surface area contributed by atoms with E-state index in [-0.39, 0.29) is 29.9 Å². The Morgan fingerprint density at radius 2 is 1.68 bits per heavy atom. The van der Waals surface area contributed by atoms with Gasteiger partial charge < -0.3 is 20.0 Å². The van der Waals surface area contributed by atoms with Crippen LogP contribution in [0.1, 0.15) is 26.2 Å². The summed E-state index contributed by atoms with van der Waals surface area (Å²) >= 11 is 0. The van der Waals surface area contributed by atoms with Crippen LogP contribution >= 0.6 is 24.0 Å². The molecule has 156 valence electrons. The number of guanidine groups is 1. The zero-order valence-electron chi connectivity index (χ0n) is 17.1. The SMILES string of the molecule is CN=C(NCCC(=O)N1CCN(c2ccccc2)CC1)N1CCC(C)CC1.I. The minimum Gasteiger partial charge on any atom is -0.368 e. The number of halogens is 1. The molecular weight excluding hydrogens is 465 g/mol. The lowest BCUT2D eigenvalue weighted by atomic mass is 10.00. The molecule has 0 spiro atoms. The number of likely N-dealkylation sites (tertiary alicyclic amines) is 1. The summed E-state index contributed by atoms with van der Waals surface area (Å²) in [6.07, 6.45) is 2.95. The third-order valence-electron chi connectivity index (χ3n) is 5.67. The Kier molecular flexibility index (Phi) is 9.34. The highest BCUT2D eigenvalue weighted by Crippen LogP contribution is 2.17. The Labute approximate surface area is 186 Å². The molecule has 0 atom stereocenters. The number of aliphatic imine (C=N–C) groups is 1. The average molecular weight is 499 g/mol. The number of hydrogen-bond donors (Lipinski definition) is 1. The van der Waals surface area contributed by atoms with Crippen molar-refractivity contribution in [2.75, 3.05) is 57.8 Å². The molecular formula is C21H34IN5O. The lowest BCUT2D eigenvalue weighted by Gasteiger charge is -2.36. The van der Waals surface area contributed by atoms with Gasteiger partial charge in [0.05, 0.1) is 0 Å². The van der Waals surface area contributed by atoms with Gasteiger partial charge in [-0.15, -0.1) is 24.0 Å². The number of amides is 1. The van der Waals surface area contributed by atoms with E-state index in [1.165, 1.54) is 18.5 Å². The van der Waals surface area contributed by atoms with Crippen LogP contribution in [0.15, 0.2) is 35.3 Å². The summed E-state index contributed by atoms with van der Waals surface area (Å²) in [6, 6.07) is 10.4. The molecule has 7 heteroatoms. The second-order valence-electron chi connectivity index (χ2n) is 7.60. The largest absolute Gasteiger partial charge is 0.368 e. The van der Waals surface area contributed by atoms with Crippen LogP contribution < -0.4 is 10.2 Å². The van der Waals surface area contributed by atoms with Crippen molar-refractivity contribution in [2.24, 2.45) is 10.9 Å². The molecule has 2 heterocycles. The number of benzene rings is 1. The molecule has 28 heavy (non-hydrogen) atoms. The molecule has 1 N–H and O–H groups in total. The van der Waals surface area contributed by atoms with Crippen molar-refractivity contribution in [1.82, 2.24) is 15.1 Å². The van der Waals surface area contributed by atoms with Crippen molar-refractivity contribution < 1.29 is 4.79 Å². The van der Waals surface area contributed by atoms with Crippen molar-refractivity contribution in [3.63, 3.8) is 0 Å². The average Bonchev–Trinajstić information content (AvgIpc) is 2.73. The Balaban J connectivity index is 0.00000280. The van der Waals surface area contributed by atoms with Gasteiger partial charge in [0.1, 0.15) is 0 Å². The Morgan fingerprint density at radius 1 is 1.04 bits per heavy atom. The molecule has 2 saturated heterocycles. The summed E-state index contributed by atoms with van der Waals surface area (Å²) in [5.74, 6) is 1.97. The Bertz CT molecular complexity index is 623. The van der Waals surface area contributed by atoms with Crippen molar-refractivity contribution in [3.05, 3.63) is 30.3 Å². The van der Waals surface area contributed by atoms with Crippen molar-refractivity contribution in [2.45, 2.75) is 26.2 Å². The maximum absolute atomic E-state index is 12.5. The monoisotopic (exact) mass is 499 g/mol. The smallest absolute Gasteiger partial charge is 0.224 e. The minimum atomic E-state index is 0. The number of nitrogens with zero attached hydrogens (tertiary/aromatic N) is 4. The van der Waals surface area contributed by atoms with Gasteiger partial charge in [0.15, 0.2) is 5.96 Å². The number of para-hydroxylation sites is 1. The van der Waals surface area contributed by atoms with Crippen LogP contribution in [0.5, 0.6) is 0 Å². The summed E-state index contributed by atoms with van der Waals surface area (Å²) in [5, 5.41) is 3.38. The number of carbonyl (C=O) groups is 1. The second-order valence-corrected chi connectivity index (χ2v) is 7.60. The molecule has 1 aromatic carbocycles. The Morgan fingerprint density at radius 3 is 2.29 bits per heavy atom. The predicted molar refractivity (Wildman–Crippen MR) is 127 cm³/mol. The van der Waals surface area contributed by atoms with Crippen LogP contribution in [0.25, 0.3) is 0 Å². The van der Waals surface area contributed by atoms with Gasteiger partial charge in [-0.2, -0.15) is 0 Å². The number of carbonyl (C=O) groups excluding carboxylic acids is 1. The molecule has 0 aliphatic carbocycles. The van der Waals surface area contributed by atoms with E-state index in [1.807, 2.05) is 18.0 Å².